The Hall–Kier alpha value is -4.05. The summed E-state index contributed by atoms with van der Waals surface area (Å²) in [7, 11) is 1.47. The number of aromatic nitrogens is 2. The number of hydrogen-bond acceptors (Lipinski definition) is 7. The Morgan fingerprint density at radius 1 is 1.09 bits per heavy atom. The van der Waals surface area contributed by atoms with Crippen molar-refractivity contribution >= 4 is 28.8 Å². The van der Waals surface area contributed by atoms with Crippen molar-refractivity contribution in [1.29, 1.82) is 0 Å². The lowest BCUT2D eigenvalue weighted by atomic mass is 10.2. The van der Waals surface area contributed by atoms with Crippen molar-refractivity contribution in [2.24, 2.45) is 0 Å². The lowest BCUT2D eigenvalue weighted by Gasteiger charge is -2.30. The molecule has 1 amide bonds. The van der Waals surface area contributed by atoms with Gasteiger partial charge in [0.2, 0.25) is 5.91 Å². The second kappa shape index (κ2) is 10.3. The summed E-state index contributed by atoms with van der Waals surface area (Å²) in [4.78, 5) is 43.6. The Morgan fingerprint density at radius 3 is 2.50 bits per heavy atom. The number of ether oxygens (including phenoxy) is 1. The number of nitrogens with one attached hydrogen (secondary N) is 2. The SMILES string of the molecule is CN(C(=O)CNc1ccccc1N1CCOCC1)c1c(N)n(Cc2ccccc2)c(=O)[nH]c1=O. The topological polar surface area (TPSA) is 126 Å². The number of morpholine rings is 1. The van der Waals surface area contributed by atoms with E-state index in [1.807, 2.05) is 54.6 Å². The van der Waals surface area contributed by atoms with Crippen LogP contribution in [-0.4, -0.2) is 55.4 Å². The number of rotatable bonds is 7. The van der Waals surface area contributed by atoms with Gasteiger partial charge in [0.05, 0.1) is 37.7 Å². The Morgan fingerprint density at radius 2 is 1.76 bits per heavy atom. The minimum Gasteiger partial charge on any atom is -0.383 e. The van der Waals surface area contributed by atoms with Crippen molar-refractivity contribution in [3.8, 4) is 0 Å². The normalized spacial score (nSPS) is 13.5. The number of likely N-dealkylation sites (N-methyl/N-ethyl adjacent to an activating group) is 1. The van der Waals surface area contributed by atoms with E-state index in [1.54, 1.807) is 0 Å². The maximum Gasteiger partial charge on any atom is 0.330 e. The van der Waals surface area contributed by atoms with Gasteiger partial charge in [-0.1, -0.05) is 42.5 Å². The van der Waals surface area contributed by atoms with Crippen LogP contribution in [0.2, 0.25) is 0 Å². The number of nitrogen functional groups attached to an aromatic ring is 1. The van der Waals surface area contributed by atoms with Crippen LogP contribution in [0.15, 0.2) is 64.2 Å². The van der Waals surface area contributed by atoms with Gasteiger partial charge in [0.25, 0.3) is 5.56 Å². The predicted molar refractivity (Wildman–Crippen MR) is 133 cm³/mol. The van der Waals surface area contributed by atoms with E-state index in [0.717, 1.165) is 30.0 Å². The number of carbonyl (C=O) groups is 1. The summed E-state index contributed by atoms with van der Waals surface area (Å²) in [5, 5.41) is 3.17. The van der Waals surface area contributed by atoms with Crippen molar-refractivity contribution in [3.05, 3.63) is 81.0 Å². The number of carbonyl (C=O) groups excluding carboxylic acids is 1. The number of aromatic amines is 1. The lowest BCUT2D eigenvalue weighted by molar-refractivity contribution is -0.116. The summed E-state index contributed by atoms with van der Waals surface area (Å²) in [6.07, 6.45) is 0. The summed E-state index contributed by atoms with van der Waals surface area (Å²) in [6.45, 7) is 2.94. The highest BCUT2D eigenvalue weighted by Gasteiger charge is 2.22. The molecule has 0 atom stereocenters. The molecule has 1 aromatic heterocycles. The molecule has 2 aromatic carbocycles. The number of amides is 1. The van der Waals surface area contributed by atoms with Crippen LogP contribution < -0.4 is 32.1 Å². The maximum atomic E-state index is 13.0. The highest BCUT2D eigenvalue weighted by atomic mass is 16.5. The van der Waals surface area contributed by atoms with Crippen molar-refractivity contribution in [3.63, 3.8) is 0 Å². The Kier molecular flexibility index (Phi) is 6.98. The van der Waals surface area contributed by atoms with Crippen LogP contribution in [0.5, 0.6) is 0 Å². The average molecular weight is 465 g/mol. The van der Waals surface area contributed by atoms with Gasteiger partial charge in [-0.25, -0.2) is 4.79 Å². The second-order valence-electron chi connectivity index (χ2n) is 7.99. The first-order valence-corrected chi connectivity index (χ1v) is 11.0. The first kappa shape index (κ1) is 23.1. The molecule has 0 unspecified atom stereocenters. The molecule has 0 spiro atoms. The summed E-state index contributed by atoms with van der Waals surface area (Å²) < 4.78 is 6.67. The third-order valence-electron chi connectivity index (χ3n) is 5.79. The van der Waals surface area contributed by atoms with E-state index in [-0.39, 0.29) is 30.5 Å². The zero-order valence-corrected chi connectivity index (χ0v) is 19.0. The van der Waals surface area contributed by atoms with E-state index in [1.165, 1.54) is 16.5 Å². The monoisotopic (exact) mass is 464 g/mol. The number of anilines is 4. The first-order valence-electron chi connectivity index (χ1n) is 11.0. The highest BCUT2D eigenvalue weighted by molar-refractivity contribution is 5.98. The summed E-state index contributed by atoms with van der Waals surface area (Å²) in [6, 6.07) is 17.0. The highest BCUT2D eigenvalue weighted by Crippen LogP contribution is 2.26. The van der Waals surface area contributed by atoms with Crippen molar-refractivity contribution in [1.82, 2.24) is 9.55 Å². The molecule has 34 heavy (non-hydrogen) atoms. The Bertz CT molecular complexity index is 1260. The molecule has 0 saturated carbocycles. The van der Waals surface area contributed by atoms with Gasteiger partial charge >= 0.3 is 5.69 Å². The molecule has 10 heteroatoms. The molecule has 3 aromatic rings. The lowest BCUT2D eigenvalue weighted by Crippen LogP contribution is -2.41. The van der Waals surface area contributed by atoms with Gasteiger partial charge < -0.3 is 25.6 Å². The van der Waals surface area contributed by atoms with Crippen molar-refractivity contribution in [2.45, 2.75) is 6.54 Å². The molecule has 0 radical (unpaired) electrons. The Balaban J connectivity index is 1.53. The summed E-state index contributed by atoms with van der Waals surface area (Å²) >= 11 is 0. The van der Waals surface area contributed by atoms with E-state index >= 15 is 0 Å². The third kappa shape index (κ3) is 4.96. The minimum atomic E-state index is -0.712. The largest absolute Gasteiger partial charge is 0.383 e. The first-order chi connectivity index (χ1) is 16.5. The molecule has 4 N–H and O–H groups in total. The maximum absolute atomic E-state index is 13.0. The van der Waals surface area contributed by atoms with Gasteiger partial charge in [-0.05, 0) is 17.7 Å². The van der Waals surface area contributed by atoms with E-state index in [4.69, 9.17) is 10.5 Å². The predicted octanol–water partition coefficient (Wildman–Crippen LogP) is 1.08. The smallest absolute Gasteiger partial charge is 0.330 e. The van der Waals surface area contributed by atoms with Crippen molar-refractivity contribution in [2.75, 3.05) is 60.7 Å². The molecule has 2 heterocycles. The molecule has 178 valence electrons. The molecule has 0 bridgehead atoms. The number of hydrogen-bond donors (Lipinski definition) is 3. The molecule has 1 aliphatic heterocycles. The van der Waals surface area contributed by atoms with Gasteiger partial charge in [-0.2, -0.15) is 0 Å². The zero-order chi connectivity index (χ0) is 24.1. The van der Waals surface area contributed by atoms with Crippen LogP contribution in [-0.2, 0) is 16.1 Å². The van der Waals surface area contributed by atoms with E-state index in [2.05, 4.69) is 15.2 Å². The zero-order valence-electron chi connectivity index (χ0n) is 19.0. The standard InChI is InChI=1S/C24H28N6O4/c1-28(20(31)15-26-18-9-5-6-10-19(18)29-11-13-34-14-12-29)21-22(25)30(24(33)27-23(21)32)16-17-7-3-2-4-8-17/h2-10,26H,11-16,25H2,1H3,(H,27,32,33). The van der Waals surface area contributed by atoms with Crippen LogP contribution >= 0.6 is 0 Å². The van der Waals surface area contributed by atoms with Gasteiger partial charge in [0.1, 0.15) is 5.82 Å². The van der Waals surface area contributed by atoms with Crippen LogP contribution in [0.25, 0.3) is 0 Å². The molecule has 4 rings (SSSR count). The summed E-state index contributed by atoms with van der Waals surface area (Å²) in [5.41, 5.74) is 7.43. The number of nitrogens with two attached hydrogens (primary N) is 1. The molecule has 10 nitrogen and oxygen atoms in total. The molecule has 1 aliphatic rings. The molecule has 1 fully saturated rings. The van der Waals surface area contributed by atoms with Crippen LogP contribution in [0.1, 0.15) is 5.56 Å². The van der Waals surface area contributed by atoms with Crippen LogP contribution in [0.3, 0.4) is 0 Å². The average Bonchev–Trinajstić information content (AvgIpc) is 2.86. The Labute approximate surface area is 196 Å². The number of para-hydroxylation sites is 2. The van der Waals surface area contributed by atoms with Gasteiger partial charge in [-0.15, -0.1) is 0 Å². The van der Waals surface area contributed by atoms with Crippen LogP contribution in [0, 0.1) is 0 Å². The van der Waals surface area contributed by atoms with Crippen LogP contribution in [0.4, 0.5) is 22.9 Å². The molecular formula is C24H28N6O4. The van der Waals surface area contributed by atoms with E-state index < -0.39 is 11.2 Å². The molecule has 0 aliphatic carbocycles. The number of benzene rings is 2. The fraction of sp³-hybridized carbons (Fsp3) is 0.292. The van der Waals surface area contributed by atoms with Gasteiger partial charge in [-0.3, -0.25) is 19.1 Å². The van der Waals surface area contributed by atoms with E-state index in [0.29, 0.717) is 13.2 Å². The second-order valence-corrected chi connectivity index (χ2v) is 7.99. The quantitative estimate of drug-likeness (QED) is 0.478. The number of nitrogens with zero attached hydrogens (tertiary/aromatic N) is 3. The van der Waals surface area contributed by atoms with E-state index in [9.17, 15) is 14.4 Å². The molecule has 1 saturated heterocycles. The molecular weight excluding hydrogens is 436 g/mol. The number of H-pyrrole nitrogens is 1. The summed E-state index contributed by atoms with van der Waals surface area (Å²) in [5.74, 6) is -0.443. The fourth-order valence-corrected chi connectivity index (χ4v) is 3.94. The van der Waals surface area contributed by atoms with Gasteiger partial charge in [0.15, 0.2) is 5.69 Å². The minimum absolute atomic E-state index is 0.0610. The fourth-order valence-electron chi connectivity index (χ4n) is 3.94. The third-order valence-corrected chi connectivity index (χ3v) is 5.79. The van der Waals surface area contributed by atoms with Gasteiger partial charge in [0, 0.05) is 20.1 Å². The van der Waals surface area contributed by atoms with Crippen molar-refractivity contribution < 1.29 is 9.53 Å².